The molecule has 1 heterocycles. The molecule has 2 rings (SSSR count). The van der Waals surface area contributed by atoms with E-state index in [0.717, 1.165) is 17.8 Å². The highest BCUT2D eigenvalue weighted by atomic mass is 32.1. The summed E-state index contributed by atoms with van der Waals surface area (Å²) in [5, 5.41) is 5.79. The van der Waals surface area contributed by atoms with Crippen molar-refractivity contribution in [3.63, 3.8) is 0 Å². The Bertz CT molecular complexity index is 358. The van der Waals surface area contributed by atoms with Gasteiger partial charge in [0.05, 0.1) is 0 Å². The summed E-state index contributed by atoms with van der Waals surface area (Å²) in [5.74, 6) is 2.61. The molecule has 0 spiro atoms. The van der Waals surface area contributed by atoms with E-state index in [4.69, 9.17) is 0 Å². The molecule has 102 valence electrons. The van der Waals surface area contributed by atoms with Crippen molar-refractivity contribution < 1.29 is 0 Å². The first-order chi connectivity index (χ1) is 8.74. The molecule has 0 radical (unpaired) electrons. The second-order valence-electron chi connectivity index (χ2n) is 5.88. The molecular formula is C16H27NS. The van der Waals surface area contributed by atoms with Gasteiger partial charge in [-0.15, -0.1) is 11.3 Å². The second-order valence-corrected chi connectivity index (χ2v) is 7.00. The molecule has 1 saturated carbocycles. The number of rotatable bonds is 5. The highest BCUT2D eigenvalue weighted by Crippen LogP contribution is 2.42. The average Bonchev–Trinajstić information content (AvgIpc) is 2.78. The van der Waals surface area contributed by atoms with Gasteiger partial charge in [0, 0.05) is 4.88 Å². The largest absolute Gasteiger partial charge is 0.319 e. The van der Waals surface area contributed by atoms with Crippen molar-refractivity contribution in [1.82, 2.24) is 5.32 Å². The van der Waals surface area contributed by atoms with Crippen LogP contribution in [0.1, 0.15) is 55.4 Å². The summed E-state index contributed by atoms with van der Waals surface area (Å²) in [6.45, 7) is 5.73. The summed E-state index contributed by atoms with van der Waals surface area (Å²) < 4.78 is 0. The predicted molar refractivity (Wildman–Crippen MR) is 81.5 cm³/mol. The molecule has 2 heteroatoms. The Morgan fingerprint density at radius 3 is 2.83 bits per heavy atom. The lowest BCUT2D eigenvalue weighted by Crippen LogP contribution is -2.30. The van der Waals surface area contributed by atoms with Crippen molar-refractivity contribution in [2.24, 2.45) is 11.8 Å². The molecule has 0 aromatic carbocycles. The topological polar surface area (TPSA) is 12.0 Å². The fourth-order valence-electron chi connectivity index (χ4n) is 3.56. The molecule has 0 amide bonds. The fraction of sp³-hybridized carbons (Fsp3) is 0.750. The monoisotopic (exact) mass is 265 g/mol. The Kier molecular flexibility index (Phi) is 5.25. The van der Waals surface area contributed by atoms with Crippen LogP contribution in [-0.2, 0) is 0 Å². The van der Waals surface area contributed by atoms with Crippen LogP contribution in [0.25, 0.3) is 0 Å². The van der Waals surface area contributed by atoms with E-state index in [1.54, 1.807) is 5.56 Å². The van der Waals surface area contributed by atoms with Gasteiger partial charge in [0.25, 0.3) is 0 Å². The van der Waals surface area contributed by atoms with E-state index in [9.17, 15) is 0 Å². The number of hydrogen-bond donors (Lipinski definition) is 1. The summed E-state index contributed by atoms with van der Waals surface area (Å²) in [6, 6.07) is 2.42. The van der Waals surface area contributed by atoms with Gasteiger partial charge >= 0.3 is 0 Å². The smallest absolute Gasteiger partial charge is 0.00171 e. The van der Waals surface area contributed by atoms with Gasteiger partial charge in [-0.1, -0.05) is 26.2 Å². The zero-order chi connectivity index (χ0) is 13.0. The van der Waals surface area contributed by atoms with E-state index in [1.165, 1.54) is 43.5 Å². The third-order valence-corrected chi connectivity index (χ3v) is 5.32. The van der Waals surface area contributed by atoms with Gasteiger partial charge in [-0.25, -0.2) is 0 Å². The van der Waals surface area contributed by atoms with Gasteiger partial charge in [0.2, 0.25) is 0 Å². The molecule has 3 atom stereocenters. The Hall–Kier alpha value is -0.340. The van der Waals surface area contributed by atoms with Crippen LogP contribution < -0.4 is 5.32 Å². The van der Waals surface area contributed by atoms with Gasteiger partial charge in [-0.2, -0.15) is 0 Å². The number of aryl methyl sites for hydroxylation is 1. The van der Waals surface area contributed by atoms with E-state index >= 15 is 0 Å². The van der Waals surface area contributed by atoms with Crippen molar-refractivity contribution in [1.29, 1.82) is 0 Å². The zero-order valence-corrected chi connectivity index (χ0v) is 12.9. The summed E-state index contributed by atoms with van der Waals surface area (Å²) >= 11 is 1.91. The number of thiophene rings is 1. The minimum atomic E-state index is 0.799. The Balaban J connectivity index is 2.09. The van der Waals surface area contributed by atoms with E-state index < -0.39 is 0 Å². The maximum atomic E-state index is 3.39. The van der Waals surface area contributed by atoms with Gasteiger partial charge < -0.3 is 5.32 Å². The normalized spacial score (nSPS) is 28.5. The second kappa shape index (κ2) is 6.72. The van der Waals surface area contributed by atoms with Crippen LogP contribution in [0.4, 0.5) is 0 Å². The molecule has 1 nitrogen and oxygen atoms in total. The minimum Gasteiger partial charge on any atom is -0.319 e. The SMILES string of the molecule is CCCC1CCC(CNC)C(c2csc(C)c2)C1. The third kappa shape index (κ3) is 3.36. The lowest BCUT2D eigenvalue weighted by atomic mass is 9.70. The van der Waals surface area contributed by atoms with Crippen LogP contribution >= 0.6 is 11.3 Å². The summed E-state index contributed by atoms with van der Waals surface area (Å²) in [4.78, 5) is 1.46. The van der Waals surface area contributed by atoms with Crippen LogP contribution in [0.5, 0.6) is 0 Å². The van der Waals surface area contributed by atoms with Crippen molar-refractivity contribution >= 4 is 11.3 Å². The zero-order valence-electron chi connectivity index (χ0n) is 12.0. The lowest BCUT2D eigenvalue weighted by molar-refractivity contribution is 0.223. The van der Waals surface area contributed by atoms with Crippen LogP contribution in [0.2, 0.25) is 0 Å². The Labute approximate surface area is 116 Å². The molecule has 0 saturated heterocycles. The van der Waals surface area contributed by atoms with Crippen molar-refractivity contribution in [2.75, 3.05) is 13.6 Å². The highest BCUT2D eigenvalue weighted by Gasteiger charge is 2.31. The van der Waals surface area contributed by atoms with Crippen molar-refractivity contribution in [3.8, 4) is 0 Å². The van der Waals surface area contributed by atoms with Crippen LogP contribution in [-0.4, -0.2) is 13.6 Å². The van der Waals surface area contributed by atoms with Crippen LogP contribution in [0.3, 0.4) is 0 Å². The molecule has 18 heavy (non-hydrogen) atoms. The quantitative estimate of drug-likeness (QED) is 0.822. The van der Waals surface area contributed by atoms with Crippen LogP contribution in [0.15, 0.2) is 11.4 Å². The Morgan fingerprint density at radius 1 is 1.39 bits per heavy atom. The van der Waals surface area contributed by atoms with E-state index in [2.05, 4.69) is 37.7 Å². The Morgan fingerprint density at radius 2 is 2.22 bits per heavy atom. The van der Waals surface area contributed by atoms with Gasteiger partial charge in [0.1, 0.15) is 0 Å². The van der Waals surface area contributed by atoms with Crippen molar-refractivity contribution in [2.45, 2.75) is 51.9 Å². The average molecular weight is 265 g/mol. The first kappa shape index (κ1) is 14.1. The van der Waals surface area contributed by atoms with Gasteiger partial charge in [0.15, 0.2) is 0 Å². The molecule has 1 aliphatic carbocycles. The first-order valence-corrected chi connectivity index (χ1v) is 8.32. The molecule has 1 aromatic rings. The fourth-order valence-corrected chi connectivity index (χ4v) is 4.33. The summed E-state index contributed by atoms with van der Waals surface area (Å²) in [5.41, 5.74) is 1.61. The summed E-state index contributed by atoms with van der Waals surface area (Å²) in [7, 11) is 2.09. The van der Waals surface area contributed by atoms with E-state index in [0.29, 0.717) is 0 Å². The maximum absolute atomic E-state index is 3.39. The molecule has 1 fully saturated rings. The number of nitrogens with one attached hydrogen (secondary N) is 1. The highest BCUT2D eigenvalue weighted by molar-refractivity contribution is 7.10. The third-order valence-electron chi connectivity index (χ3n) is 4.44. The van der Waals surface area contributed by atoms with E-state index in [1.807, 2.05) is 11.3 Å². The summed E-state index contributed by atoms with van der Waals surface area (Å²) in [6.07, 6.45) is 7.03. The molecular weight excluding hydrogens is 238 g/mol. The molecule has 1 aromatic heterocycles. The molecule has 0 bridgehead atoms. The first-order valence-electron chi connectivity index (χ1n) is 7.44. The minimum absolute atomic E-state index is 0.799. The van der Waals surface area contributed by atoms with Gasteiger partial charge in [-0.05, 0) is 68.1 Å². The van der Waals surface area contributed by atoms with Crippen molar-refractivity contribution in [3.05, 3.63) is 21.9 Å². The maximum Gasteiger partial charge on any atom is 0.00171 e. The lowest BCUT2D eigenvalue weighted by Gasteiger charge is -2.36. The predicted octanol–water partition coefficient (Wildman–Crippen LogP) is 4.58. The molecule has 3 unspecified atom stereocenters. The molecule has 1 N–H and O–H groups in total. The number of hydrogen-bond acceptors (Lipinski definition) is 2. The van der Waals surface area contributed by atoms with Crippen LogP contribution in [0, 0.1) is 18.8 Å². The standard InChI is InChI=1S/C16H27NS/c1-4-5-13-6-7-14(10-17-3)16(9-13)15-8-12(2)18-11-15/h8,11,13-14,16-17H,4-7,9-10H2,1-3H3. The van der Waals surface area contributed by atoms with E-state index in [-0.39, 0.29) is 0 Å². The molecule has 0 aliphatic heterocycles. The molecule has 1 aliphatic rings. The van der Waals surface area contributed by atoms with Gasteiger partial charge in [-0.3, -0.25) is 0 Å².